The van der Waals surface area contributed by atoms with Crippen LogP contribution in [0.15, 0.2) is 18.2 Å². The Morgan fingerprint density at radius 2 is 2.22 bits per heavy atom. The molecule has 0 spiro atoms. The average molecular weight is 345 g/mol. The van der Waals surface area contributed by atoms with E-state index in [1.807, 2.05) is 0 Å². The van der Waals surface area contributed by atoms with Crippen molar-refractivity contribution in [3.8, 4) is 0 Å². The van der Waals surface area contributed by atoms with Gasteiger partial charge < -0.3 is 14.6 Å². The summed E-state index contributed by atoms with van der Waals surface area (Å²) in [7, 11) is -3.63. The second-order valence-corrected chi connectivity index (χ2v) is 7.51. The Morgan fingerprint density at radius 1 is 1.43 bits per heavy atom. The van der Waals surface area contributed by atoms with Crippen molar-refractivity contribution in [2.24, 2.45) is 0 Å². The molecule has 23 heavy (non-hydrogen) atoms. The van der Waals surface area contributed by atoms with Crippen LogP contribution in [-0.2, 0) is 36.0 Å². The fraction of sp³-hybridized carbons (Fsp3) is 0.667. The summed E-state index contributed by atoms with van der Waals surface area (Å²) in [5.41, 5.74) is -0.552. The van der Waals surface area contributed by atoms with E-state index in [0.717, 1.165) is 25.5 Å². The first kappa shape index (κ1) is 18.3. The van der Waals surface area contributed by atoms with Crippen LogP contribution in [0.3, 0.4) is 0 Å². The van der Waals surface area contributed by atoms with Crippen LogP contribution in [0.25, 0.3) is 0 Å². The first-order valence-electron chi connectivity index (χ1n) is 7.53. The monoisotopic (exact) mass is 345 g/mol. The largest absolute Gasteiger partial charge is 0.381 e. The number of nitrogens with zero attached hydrogens (tertiary/aromatic N) is 1. The van der Waals surface area contributed by atoms with Crippen molar-refractivity contribution in [1.82, 2.24) is 4.98 Å². The molecular formula is C15H23NO6S. The van der Waals surface area contributed by atoms with Crippen molar-refractivity contribution < 1.29 is 27.2 Å². The number of hydrogen-bond donors (Lipinski definition) is 1. The number of aromatic nitrogens is 1. The minimum Gasteiger partial charge on any atom is -0.381 e. The maximum atomic E-state index is 11.1. The first-order chi connectivity index (χ1) is 10.8. The Balaban J connectivity index is 1.97. The third-order valence-electron chi connectivity index (χ3n) is 3.47. The van der Waals surface area contributed by atoms with Gasteiger partial charge >= 0.3 is 0 Å². The zero-order valence-corrected chi connectivity index (χ0v) is 14.2. The normalized spacial score (nSPS) is 21.8. The van der Waals surface area contributed by atoms with Crippen LogP contribution < -0.4 is 0 Å². The van der Waals surface area contributed by atoms with Crippen LogP contribution in [0, 0.1) is 0 Å². The summed E-state index contributed by atoms with van der Waals surface area (Å²) in [4.78, 5) is 4.32. The highest BCUT2D eigenvalue weighted by atomic mass is 32.2. The second-order valence-electron chi connectivity index (χ2n) is 5.86. The summed E-state index contributed by atoms with van der Waals surface area (Å²) in [6.07, 6.45) is 3.71. The molecule has 1 aromatic heterocycles. The van der Waals surface area contributed by atoms with E-state index in [1.54, 1.807) is 18.2 Å². The molecule has 2 heterocycles. The van der Waals surface area contributed by atoms with Gasteiger partial charge in [-0.25, -0.2) is 0 Å². The van der Waals surface area contributed by atoms with Gasteiger partial charge in [-0.05, 0) is 38.3 Å². The maximum absolute atomic E-state index is 11.1. The average Bonchev–Trinajstić information content (AvgIpc) is 2.52. The predicted molar refractivity (Wildman–Crippen MR) is 83.0 cm³/mol. The number of pyridine rings is 1. The highest BCUT2D eigenvalue weighted by Crippen LogP contribution is 2.21. The molecule has 0 aromatic carbocycles. The molecule has 1 aromatic rings. The van der Waals surface area contributed by atoms with Crippen molar-refractivity contribution in [2.75, 3.05) is 19.5 Å². The lowest BCUT2D eigenvalue weighted by Crippen LogP contribution is -2.30. The van der Waals surface area contributed by atoms with Crippen molar-refractivity contribution in [3.63, 3.8) is 0 Å². The Bertz CT molecular complexity index is 610. The highest BCUT2D eigenvalue weighted by Gasteiger charge is 2.27. The Kier molecular flexibility index (Phi) is 6.10. The fourth-order valence-electron chi connectivity index (χ4n) is 2.18. The lowest BCUT2D eigenvalue weighted by atomic mass is 10.0. The van der Waals surface area contributed by atoms with Gasteiger partial charge in [-0.3, -0.25) is 9.17 Å². The number of aliphatic hydroxyl groups is 1. The van der Waals surface area contributed by atoms with Crippen LogP contribution in [0.1, 0.15) is 37.6 Å². The van der Waals surface area contributed by atoms with Crippen molar-refractivity contribution >= 4 is 10.1 Å². The molecule has 1 fully saturated rings. The standard InChI is InChI=1S/C15H23NO6S/c1-15(17,11-22-23(2,18)19)13-7-5-6-12(16-13)10-21-14-8-3-4-9-20-14/h5-7,14,17H,3-4,8-11H2,1-2H3/t14?,15-/m1/s1. The lowest BCUT2D eigenvalue weighted by Gasteiger charge is -2.24. The molecule has 0 saturated carbocycles. The van der Waals surface area contributed by atoms with Gasteiger partial charge in [0.15, 0.2) is 6.29 Å². The summed E-state index contributed by atoms with van der Waals surface area (Å²) in [5.74, 6) is 0. The molecule has 0 bridgehead atoms. The van der Waals surface area contributed by atoms with E-state index in [2.05, 4.69) is 9.17 Å². The van der Waals surface area contributed by atoms with Crippen LogP contribution in [0.5, 0.6) is 0 Å². The molecule has 0 amide bonds. The molecule has 2 atom stereocenters. The molecule has 2 rings (SSSR count). The molecule has 1 N–H and O–H groups in total. The number of hydrogen-bond acceptors (Lipinski definition) is 7. The lowest BCUT2D eigenvalue weighted by molar-refractivity contribution is -0.169. The topological polar surface area (TPSA) is 95.0 Å². The van der Waals surface area contributed by atoms with Crippen LogP contribution in [0.4, 0.5) is 0 Å². The molecule has 7 nitrogen and oxygen atoms in total. The van der Waals surface area contributed by atoms with Gasteiger partial charge in [0.25, 0.3) is 10.1 Å². The van der Waals surface area contributed by atoms with E-state index >= 15 is 0 Å². The van der Waals surface area contributed by atoms with Crippen LogP contribution in [-0.4, -0.2) is 44.3 Å². The molecule has 1 saturated heterocycles. The van der Waals surface area contributed by atoms with E-state index in [0.29, 0.717) is 18.0 Å². The zero-order chi connectivity index (χ0) is 16.9. The molecule has 0 radical (unpaired) electrons. The van der Waals surface area contributed by atoms with E-state index in [1.165, 1.54) is 6.92 Å². The van der Waals surface area contributed by atoms with E-state index < -0.39 is 22.3 Å². The van der Waals surface area contributed by atoms with Crippen LogP contribution in [0.2, 0.25) is 0 Å². The van der Waals surface area contributed by atoms with Crippen molar-refractivity contribution in [3.05, 3.63) is 29.6 Å². The zero-order valence-electron chi connectivity index (χ0n) is 13.4. The molecule has 1 aliphatic rings. The highest BCUT2D eigenvalue weighted by molar-refractivity contribution is 7.85. The van der Waals surface area contributed by atoms with Crippen molar-refractivity contribution in [1.29, 1.82) is 0 Å². The minimum atomic E-state index is -3.63. The van der Waals surface area contributed by atoms with Crippen LogP contribution >= 0.6 is 0 Å². The van der Waals surface area contributed by atoms with Gasteiger partial charge in [0.05, 0.1) is 24.3 Å². The van der Waals surface area contributed by atoms with Gasteiger partial charge in [0, 0.05) is 6.61 Å². The first-order valence-corrected chi connectivity index (χ1v) is 9.34. The summed E-state index contributed by atoms with van der Waals surface area (Å²) in [5, 5.41) is 10.4. The molecule has 8 heteroatoms. The minimum absolute atomic E-state index is 0.219. The predicted octanol–water partition coefficient (Wildman–Crippen LogP) is 1.31. The SMILES string of the molecule is C[C@@](O)(COS(C)(=O)=O)c1cccc(COC2CCCCO2)n1. The molecule has 1 unspecified atom stereocenters. The Hall–Kier alpha value is -1.06. The quantitative estimate of drug-likeness (QED) is 0.744. The summed E-state index contributed by atoms with van der Waals surface area (Å²) in [6.45, 7) is 2.03. The van der Waals surface area contributed by atoms with E-state index in [-0.39, 0.29) is 12.9 Å². The summed E-state index contributed by atoms with van der Waals surface area (Å²) < 4.78 is 38.0. The Morgan fingerprint density at radius 3 is 2.87 bits per heavy atom. The number of ether oxygens (including phenoxy) is 2. The third kappa shape index (κ3) is 6.15. The third-order valence-corrected chi connectivity index (χ3v) is 4.01. The summed E-state index contributed by atoms with van der Waals surface area (Å²) >= 11 is 0. The van der Waals surface area contributed by atoms with Gasteiger partial charge in [-0.1, -0.05) is 6.07 Å². The molecular weight excluding hydrogens is 322 g/mol. The van der Waals surface area contributed by atoms with Gasteiger partial charge in [-0.15, -0.1) is 0 Å². The number of rotatable bonds is 7. The molecule has 130 valence electrons. The maximum Gasteiger partial charge on any atom is 0.264 e. The van der Waals surface area contributed by atoms with E-state index in [9.17, 15) is 13.5 Å². The molecule has 1 aliphatic heterocycles. The summed E-state index contributed by atoms with van der Waals surface area (Å²) in [6, 6.07) is 5.13. The second kappa shape index (κ2) is 7.67. The fourth-order valence-corrected chi connectivity index (χ4v) is 2.62. The molecule has 0 aliphatic carbocycles. The van der Waals surface area contributed by atoms with Crippen molar-refractivity contribution in [2.45, 2.75) is 44.7 Å². The van der Waals surface area contributed by atoms with Gasteiger partial charge in [0.1, 0.15) is 12.2 Å². The Labute approximate surface area is 136 Å². The van der Waals surface area contributed by atoms with E-state index in [4.69, 9.17) is 9.47 Å². The smallest absolute Gasteiger partial charge is 0.264 e. The van der Waals surface area contributed by atoms with Gasteiger partial charge in [-0.2, -0.15) is 8.42 Å². The van der Waals surface area contributed by atoms with Gasteiger partial charge in [0.2, 0.25) is 0 Å².